The van der Waals surface area contributed by atoms with Crippen molar-refractivity contribution in [3.05, 3.63) is 89.4 Å². The van der Waals surface area contributed by atoms with Crippen LogP contribution in [0.2, 0.25) is 5.02 Å². The van der Waals surface area contributed by atoms with Gasteiger partial charge < -0.3 is 4.90 Å². The van der Waals surface area contributed by atoms with Crippen LogP contribution in [0.4, 0.5) is 17.1 Å². The fourth-order valence-corrected chi connectivity index (χ4v) is 4.16. The van der Waals surface area contributed by atoms with Gasteiger partial charge in [0.05, 0.1) is 0 Å². The van der Waals surface area contributed by atoms with Gasteiger partial charge in [-0.05, 0) is 66.8 Å². The van der Waals surface area contributed by atoms with Gasteiger partial charge in [-0.2, -0.15) is 0 Å². The van der Waals surface area contributed by atoms with Gasteiger partial charge in [0.25, 0.3) is 0 Å². The fraction of sp³-hybridized carbons (Fsp3) is 0.250. The van der Waals surface area contributed by atoms with E-state index in [1.165, 1.54) is 37.7 Å². The molecule has 0 N–H and O–H groups in total. The Morgan fingerprint density at radius 3 is 2.00 bits per heavy atom. The second-order valence-electron chi connectivity index (χ2n) is 7.08. The van der Waals surface area contributed by atoms with Crippen molar-refractivity contribution in [2.75, 3.05) is 4.90 Å². The third kappa shape index (κ3) is 3.78. The minimum Gasteiger partial charge on any atom is -0.310 e. The molecule has 1 nitrogen and oxygen atoms in total. The Bertz CT molecular complexity index is 836. The van der Waals surface area contributed by atoms with E-state index in [1.807, 2.05) is 24.3 Å². The number of hydrogen-bond donors (Lipinski definition) is 0. The van der Waals surface area contributed by atoms with E-state index in [9.17, 15) is 0 Å². The molecule has 0 heterocycles. The predicted octanol–water partition coefficient (Wildman–Crippen LogP) is 7.86. The highest BCUT2D eigenvalue weighted by molar-refractivity contribution is 6.30. The molecule has 2 heteroatoms. The van der Waals surface area contributed by atoms with Crippen LogP contribution >= 0.6 is 11.6 Å². The largest absolute Gasteiger partial charge is 0.310 e. The molecule has 4 rings (SSSR count). The van der Waals surface area contributed by atoms with Crippen LogP contribution < -0.4 is 4.90 Å². The molecule has 132 valence electrons. The normalized spacial score (nSPS) is 15.0. The van der Waals surface area contributed by atoms with Crippen molar-refractivity contribution < 1.29 is 0 Å². The van der Waals surface area contributed by atoms with Crippen LogP contribution in [-0.2, 0) is 0 Å². The van der Waals surface area contributed by atoms with Gasteiger partial charge in [0, 0.05) is 22.1 Å². The maximum atomic E-state index is 6.26. The molecule has 0 aromatic heterocycles. The summed E-state index contributed by atoms with van der Waals surface area (Å²) in [6, 6.07) is 27.6. The first-order chi connectivity index (χ1) is 12.8. The Morgan fingerprint density at radius 1 is 0.654 bits per heavy atom. The van der Waals surface area contributed by atoms with Gasteiger partial charge in [-0.25, -0.2) is 0 Å². The molecule has 0 unspecified atom stereocenters. The third-order valence-electron chi connectivity index (χ3n) is 5.31. The van der Waals surface area contributed by atoms with Crippen LogP contribution in [-0.4, -0.2) is 0 Å². The molecular weight excluding hydrogens is 338 g/mol. The number of para-hydroxylation sites is 1. The Balaban J connectivity index is 1.70. The number of benzene rings is 3. The molecule has 1 saturated carbocycles. The van der Waals surface area contributed by atoms with Crippen LogP contribution in [0.3, 0.4) is 0 Å². The van der Waals surface area contributed by atoms with E-state index in [4.69, 9.17) is 11.6 Å². The van der Waals surface area contributed by atoms with E-state index in [0.717, 1.165) is 28.0 Å². The molecular formula is C24H24ClN. The number of halogens is 1. The van der Waals surface area contributed by atoms with E-state index in [1.54, 1.807) is 0 Å². The van der Waals surface area contributed by atoms with Crippen molar-refractivity contribution in [1.82, 2.24) is 0 Å². The van der Waals surface area contributed by atoms with Crippen molar-refractivity contribution >= 4 is 28.7 Å². The van der Waals surface area contributed by atoms with Gasteiger partial charge in [-0.3, -0.25) is 0 Å². The summed E-state index contributed by atoms with van der Waals surface area (Å²) in [4.78, 5) is 2.26. The van der Waals surface area contributed by atoms with Crippen molar-refractivity contribution in [3.63, 3.8) is 0 Å². The average molecular weight is 362 g/mol. The first-order valence-corrected chi connectivity index (χ1v) is 9.90. The molecule has 26 heavy (non-hydrogen) atoms. The molecule has 1 aliphatic rings. The van der Waals surface area contributed by atoms with Gasteiger partial charge >= 0.3 is 0 Å². The predicted molar refractivity (Wildman–Crippen MR) is 112 cm³/mol. The zero-order valence-corrected chi connectivity index (χ0v) is 15.7. The lowest BCUT2D eigenvalue weighted by Gasteiger charge is -2.27. The van der Waals surface area contributed by atoms with Gasteiger partial charge in [-0.1, -0.05) is 67.3 Å². The Hall–Kier alpha value is -2.25. The number of hydrogen-bond acceptors (Lipinski definition) is 1. The molecule has 0 amide bonds. The van der Waals surface area contributed by atoms with E-state index in [-0.39, 0.29) is 0 Å². The van der Waals surface area contributed by atoms with Crippen LogP contribution in [0.15, 0.2) is 78.9 Å². The molecule has 3 aromatic carbocycles. The van der Waals surface area contributed by atoms with Crippen molar-refractivity contribution in [3.8, 4) is 0 Å². The van der Waals surface area contributed by atoms with E-state index in [0.29, 0.717) is 0 Å². The monoisotopic (exact) mass is 361 g/mol. The minimum atomic E-state index is 0.731. The topological polar surface area (TPSA) is 3.24 Å². The van der Waals surface area contributed by atoms with Crippen LogP contribution in [0.25, 0.3) is 0 Å². The first-order valence-electron chi connectivity index (χ1n) is 9.52. The van der Waals surface area contributed by atoms with Crippen molar-refractivity contribution in [1.29, 1.82) is 0 Å². The Kier molecular flexibility index (Phi) is 5.26. The molecule has 0 aliphatic heterocycles. The Labute approximate surface area is 161 Å². The summed E-state index contributed by atoms with van der Waals surface area (Å²) in [7, 11) is 0. The highest BCUT2D eigenvalue weighted by Crippen LogP contribution is 2.37. The zero-order valence-electron chi connectivity index (χ0n) is 14.9. The fourth-order valence-electron chi connectivity index (χ4n) is 3.97. The lowest BCUT2D eigenvalue weighted by atomic mass is 9.84. The third-order valence-corrected chi connectivity index (χ3v) is 5.54. The number of rotatable bonds is 4. The molecule has 0 radical (unpaired) electrons. The summed E-state index contributed by atoms with van der Waals surface area (Å²) in [5.74, 6) is 0.731. The quantitative estimate of drug-likeness (QED) is 0.457. The van der Waals surface area contributed by atoms with Crippen LogP contribution in [0, 0.1) is 0 Å². The van der Waals surface area contributed by atoms with E-state index in [2.05, 4.69) is 59.5 Å². The lowest BCUT2D eigenvalue weighted by molar-refractivity contribution is 0.443. The molecule has 0 spiro atoms. The molecule has 0 atom stereocenters. The van der Waals surface area contributed by atoms with E-state index < -0.39 is 0 Å². The average Bonchev–Trinajstić information content (AvgIpc) is 2.70. The minimum absolute atomic E-state index is 0.731. The lowest BCUT2D eigenvalue weighted by Crippen LogP contribution is -2.10. The van der Waals surface area contributed by atoms with Gasteiger partial charge in [0.15, 0.2) is 0 Å². The SMILES string of the molecule is Clc1cccc(N(c2ccccc2)c2ccc(C3CCCCC3)cc2)c1. The van der Waals surface area contributed by atoms with Crippen molar-refractivity contribution in [2.24, 2.45) is 0 Å². The zero-order chi connectivity index (χ0) is 17.8. The second-order valence-corrected chi connectivity index (χ2v) is 7.51. The van der Waals surface area contributed by atoms with Gasteiger partial charge in [0.2, 0.25) is 0 Å². The number of nitrogens with zero attached hydrogens (tertiary/aromatic N) is 1. The molecule has 0 bridgehead atoms. The van der Waals surface area contributed by atoms with Gasteiger partial charge in [0.1, 0.15) is 0 Å². The number of anilines is 3. The summed E-state index contributed by atoms with van der Waals surface area (Å²) in [6.07, 6.45) is 6.79. The summed E-state index contributed by atoms with van der Waals surface area (Å²) < 4.78 is 0. The Morgan fingerprint density at radius 2 is 1.31 bits per heavy atom. The summed E-state index contributed by atoms with van der Waals surface area (Å²) in [5.41, 5.74) is 4.86. The highest BCUT2D eigenvalue weighted by Gasteiger charge is 2.17. The smallest absolute Gasteiger partial charge is 0.0476 e. The summed E-state index contributed by atoms with van der Waals surface area (Å²) in [6.45, 7) is 0. The summed E-state index contributed by atoms with van der Waals surface area (Å²) >= 11 is 6.26. The maximum Gasteiger partial charge on any atom is 0.0476 e. The van der Waals surface area contributed by atoms with Crippen molar-refractivity contribution in [2.45, 2.75) is 38.0 Å². The molecule has 0 saturated heterocycles. The second kappa shape index (κ2) is 7.97. The van der Waals surface area contributed by atoms with Crippen LogP contribution in [0.1, 0.15) is 43.6 Å². The maximum absolute atomic E-state index is 6.26. The standard InChI is InChI=1S/C24H24ClN/c25-21-10-7-13-24(18-21)26(22-11-5-2-6-12-22)23-16-14-20(15-17-23)19-8-3-1-4-9-19/h2,5-7,10-19H,1,3-4,8-9H2. The van der Waals surface area contributed by atoms with E-state index >= 15 is 0 Å². The molecule has 3 aromatic rings. The first kappa shape index (κ1) is 17.2. The van der Waals surface area contributed by atoms with Crippen LogP contribution in [0.5, 0.6) is 0 Å². The molecule has 1 fully saturated rings. The molecule has 1 aliphatic carbocycles. The summed E-state index contributed by atoms with van der Waals surface area (Å²) in [5, 5.41) is 0.752. The highest BCUT2D eigenvalue weighted by atomic mass is 35.5. The van der Waals surface area contributed by atoms with Gasteiger partial charge in [-0.15, -0.1) is 0 Å².